The van der Waals surface area contributed by atoms with Crippen molar-refractivity contribution in [1.82, 2.24) is 9.80 Å². The van der Waals surface area contributed by atoms with Crippen molar-refractivity contribution in [2.24, 2.45) is 0 Å². The molecule has 2 fully saturated rings. The average Bonchev–Trinajstić information content (AvgIpc) is 3.23. The van der Waals surface area contributed by atoms with E-state index in [1.807, 2.05) is 23.1 Å². The van der Waals surface area contributed by atoms with Crippen LogP contribution in [0.4, 0.5) is 0 Å². The number of amides is 2. The number of ether oxygens (including phenoxy) is 2. The molecule has 6 nitrogen and oxygen atoms in total. The first-order valence-corrected chi connectivity index (χ1v) is 8.43. The lowest BCUT2D eigenvalue weighted by Crippen LogP contribution is -2.40. The molecule has 0 aliphatic carbocycles. The van der Waals surface area contributed by atoms with Gasteiger partial charge in [0.25, 0.3) is 0 Å². The van der Waals surface area contributed by atoms with Crippen LogP contribution in [0.2, 0.25) is 0 Å². The Morgan fingerprint density at radius 2 is 2.04 bits per heavy atom. The van der Waals surface area contributed by atoms with Gasteiger partial charge >= 0.3 is 0 Å². The van der Waals surface area contributed by atoms with Crippen molar-refractivity contribution in [3.05, 3.63) is 23.8 Å². The third-order valence-corrected chi connectivity index (χ3v) is 4.87. The fourth-order valence-electron chi connectivity index (χ4n) is 3.61. The molecule has 0 aromatic heterocycles. The van der Waals surface area contributed by atoms with Gasteiger partial charge in [0, 0.05) is 31.1 Å². The molecule has 0 bridgehead atoms. The molecule has 1 aromatic rings. The first-order chi connectivity index (χ1) is 11.6. The van der Waals surface area contributed by atoms with E-state index in [0.29, 0.717) is 13.0 Å². The fraction of sp³-hybridized carbons (Fsp3) is 0.556. The predicted molar refractivity (Wildman–Crippen MR) is 89.0 cm³/mol. The minimum absolute atomic E-state index is 0.00365. The molecule has 6 heteroatoms. The van der Waals surface area contributed by atoms with Gasteiger partial charge in [-0.15, -0.1) is 0 Å². The smallest absolute Gasteiger partial charge is 0.242 e. The molecule has 3 rings (SSSR count). The highest BCUT2D eigenvalue weighted by molar-refractivity contribution is 5.86. The molecule has 2 aliphatic rings. The van der Waals surface area contributed by atoms with Crippen LogP contribution < -0.4 is 9.47 Å². The maximum atomic E-state index is 12.7. The van der Waals surface area contributed by atoms with Crippen molar-refractivity contribution in [1.29, 1.82) is 0 Å². The average molecular weight is 332 g/mol. The summed E-state index contributed by atoms with van der Waals surface area (Å²) in [5.74, 6) is 1.57. The van der Waals surface area contributed by atoms with Crippen LogP contribution in [0.25, 0.3) is 0 Å². The van der Waals surface area contributed by atoms with Gasteiger partial charge < -0.3 is 19.3 Å². The maximum absolute atomic E-state index is 12.7. The number of hydrogen-bond donors (Lipinski definition) is 0. The van der Waals surface area contributed by atoms with Gasteiger partial charge in [-0.25, -0.2) is 0 Å². The lowest BCUT2D eigenvalue weighted by molar-refractivity contribution is -0.139. The van der Waals surface area contributed by atoms with Crippen molar-refractivity contribution in [2.75, 3.05) is 33.9 Å². The third kappa shape index (κ3) is 3.18. The molecule has 2 heterocycles. The van der Waals surface area contributed by atoms with E-state index < -0.39 is 0 Å². The van der Waals surface area contributed by atoms with E-state index in [-0.39, 0.29) is 24.4 Å². The molecule has 0 unspecified atom stereocenters. The minimum atomic E-state index is -0.00365. The summed E-state index contributed by atoms with van der Waals surface area (Å²) >= 11 is 0. The molecule has 1 atom stereocenters. The summed E-state index contributed by atoms with van der Waals surface area (Å²) in [6, 6.07) is 5.70. The van der Waals surface area contributed by atoms with E-state index in [1.165, 1.54) is 0 Å². The Morgan fingerprint density at radius 3 is 2.71 bits per heavy atom. The lowest BCUT2D eigenvalue weighted by atomic mass is 10.0. The summed E-state index contributed by atoms with van der Waals surface area (Å²) in [5, 5.41) is 0. The molecule has 0 N–H and O–H groups in total. The van der Waals surface area contributed by atoms with Crippen LogP contribution in [0, 0.1) is 0 Å². The molecule has 1 aromatic carbocycles. The van der Waals surface area contributed by atoms with Crippen LogP contribution in [-0.4, -0.2) is 55.5 Å². The Bertz CT molecular complexity index is 631. The molecular weight excluding hydrogens is 308 g/mol. The summed E-state index contributed by atoms with van der Waals surface area (Å²) in [4.78, 5) is 28.0. The second-order valence-corrected chi connectivity index (χ2v) is 6.27. The van der Waals surface area contributed by atoms with Gasteiger partial charge in [0.1, 0.15) is 11.5 Å². The predicted octanol–water partition coefficient (Wildman–Crippen LogP) is 1.99. The zero-order valence-electron chi connectivity index (χ0n) is 14.3. The van der Waals surface area contributed by atoms with Gasteiger partial charge in [0.05, 0.1) is 26.8 Å². The normalized spacial score (nSPS) is 20.6. The van der Waals surface area contributed by atoms with E-state index in [1.54, 1.807) is 19.1 Å². The molecule has 2 saturated heterocycles. The first kappa shape index (κ1) is 16.6. The Balaban J connectivity index is 1.77. The van der Waals surface area contributed by atoms with Crippen LogP contribution in [0.15, 0.2) is 18.2 Å². The van der Waals surface area contributed by atoms with E-state index in [2.05, 4.69) is 0 Å². The highest BCUT2D eigenvalue weighted by Gasteiger charge is 2.34. The quantitative estimate of drug-likeness (QED) is 0.827. The molecule has 2 amide bonds. The number of methoxy groups -OCH3 is 2. The van der Waals surface area contributed by atoms with Crippen LogP contribution in [0.1, 0.15) is 37.3 Å². The Hall–Kier alpha value is -2.24. The summed E-state index contributed by atoms with van der Waals surface area (Å²) in [7, 11) is 3.25. The zero-order chi connectivity index (χ0) is 17.1. The number of hydrogen-bond acceptors (Lipinski definition) is 4. The number of benzene rings is 1. The Kier molecular flexibility index (Phi) is 4.92. The van der Waals surface area contributed by atoms with Gasteiger partial charge in [-0.3, -0.25) is 9.59 Å². The van der Waals surface area contributed by atoms with Crippen LogP contribution >= 0.6 is 0 Å². The van der Waals surface area contributed by atoms with Crippen molar-refractivity contribution in [3.63, 3.8) is 0 Å². The van der Waals surface area contributed by atoms with Gasteiger partial charge in [0.15, 0.2) is 0 Å². The van der Waals surface area contributed by atoms with E-state index >= 15 is 0 Å². The van der Waals surface area contributed by atoms with Gasteiger partial charge in [-0.1, -0.05) is 0 Å². The summed E-state index contributed by atoms with van der Waals surface area (Å²) < 4.78 is 10.7. The van der Waals surface area contributed by atoms with Crippen molar-refractivity contribution < 1.29 is 19.1 Å². The number of carbonyl (C=O) groups excluding carboxylic acids is 2. The van der Waals surface area contributed by atoms with Gasteiger partial charge in [-0.2, -0.15) is 0 Å². The number of rotatable bonds is 5. The summed E-state index contributed by atoms with van der Waals surface area (Å²) in [6.45, 7) is 1.60. The Morgan fingerprint density at radius 1 is 1.21 bits per heavy atom. The zero-order valence-corrected chi connectivity index (χ0v) is 14.3. The minimum Gasteiger partial charge on any atom is -0.497 e. The highest BCUT2D eigenvalue weighted by atomic mass is 16.5. The van der Waals surface area contributed by atoms with E-state index in [9.17, 15) is 9.59 Å². The van der Waals surface area contributed by atoms with Crippen molar-refractivity contribution in [2.45, 2.75) is 31.7 Å². The molecule has 0 spiro atoms. The van der Waals surface area contributed by atoms with E-state index in [0.717, 1.165) is 42.9 Å². The lowest BCUT2D eigenvalue weighted by Gasteiger charge is -2.28. The summed E-state index contributed by atoms with van der Waals surface area (Å²) in [5.41, 5.74) is 0.997. The number of likely N-dealkylation sites (tertiary alicyclic amines) is 2. The molecule has 2 aliphatic heterocycles. The van der Waals surface area contributed by atoms with Crippen molar-refractivity contribution in [3.8, 4) is 11.5 Å². The second kappa shape index (κ2) is 7.11. The van der Waals surface area contributed by atoms with Gasteiger partial charge in [0.2, 0.25) is 11.8 Å². The van der Waals surface area contributed by atoms with Crippen molar-refractivity contribution >= 4 is 11.8 Å². The van der Waals surface area contributed by atoms with E-state index in [4.69, 9.17) is 9.47 Å². The molecule has 130 valence electrons. The Labute approximate surface area is 142 Å². The maximum Gasteiger partial charge on any atom is 0.242 e. The third-order valence-electron chi connectivity index (χ3n) is 4.87. The fourth-order valence-corrected chi connectivity index (χ4v) is 3.61. The standard InChI is InChI=1S/C18H24N2O4/c1-23-13-7-8-14(16(11-13)24-2)15-5-3-10-20(15)18(22)12-19-9-4-6-17(19)21/h7-8,11,15H,3-6,9-10,12H2,1-2H3/t15-/m0/s1. The van der Waals surface area contributed by atoms with Gasteiger partial charge in [-0.05, 0) is 31.4 Å². The highest BCUT2D eigenvalue weighted by Crippen LogP contribution is 2.38. The number of carbonyl (C=O) groups is 2. The molecular formula is C18H24N2O4. The topological polar surface area (TPSA) is 59.1 Å². The molecule has 0 saturated carbocycles. The van der Waals surface area contributed by atoms with Crippen LogP contribution in [0.3, 0.4) is 0 Å². The second-order valence-electron chi connectivity index (χ2n) is 6.27. The first-order valence-electron chi connectivity index (χ1n) is 8.43. The molecule has 0 radical (unpaired) electrons. The monoisotopic (exact) mass is 332 g/mol. The molecule has 24 heavy (non-hydrogen) atoms. The SMILES string of the molecule is COc1ccc([C@@H]2CCCN2C(=O)CN2CCCC2=O)c(OC)c1. The van der Waals surface area contributed by atoms with Crippen LogP contribution in [-0.2, 0) is 9.59 Å². The summed E-state index contributed by atoms with van der Waals surface area (Å²) in [6.07, 6.45) is 3.27. The van der Waals surface area contributed by atoms with Crippen LogP contribution in [0.5, 0.6) is 11.5 Å². The number of nitrogens with zero attached hydrogens (tertiary/aromatic N) is 2. The largest absolute Gasteiger partial charge is 0.497 e.